The summed E-state index contributed by atoms with van der Waals surface area (Å²) in [5, 5.41) is 2.76. The molecule has 6 nitrogen and oxygen atoms in total. The molecule has 1 aromatic heterocycles. The van der Waals surface area contributed by atoms with E-state index in [9.17, 15) is 4.79 Å². The van der Waals surface area contributed by atoms with Crippen LogP contribution in [-0.2, 0) is 0 Å². The summed E-state index contributed by atoms with van der Waals surface area (Å²) in [6.07, 6.45) is 2.70. The zero-order chi connectivity index (χ0) is 13.8. The highest BCUT2D eigenvalue weighted by Gasteiger charge is 2.08. The maximum absolute atomic E-state index is 11.9. The van der Waals surface area contributed by atoms with Gasteiger partial charge in [0, 0.05) is 25.5 Å². The quantitative estimate of drug-likeness (QED) is 0.867. The van der Waals surface area contributed by atoms with Crippen LogP contribution in [0.2, 0.25) is 0 Å². The molecule has 0 atom stereocenters. The van der Waals surface area contributed by atoms with Gasteiger partial charge in [0.05, 0.1) is 12.4 Å². The van der Waals surface area contributed by atoms with Gasteiger partial charge < -0.3 is 16.0 Å². The lowest BCUT2D eigenvalue weighted by Crippen LogP contribution is -2.15. The molecule has 0 bridgehead atoms. The highest BCUT2D eigenvalue weighted by Crippen LogP contribution is 2.17. The van der Waals surface area contributed by atoms with Gasteiger partial charge in [-0.3, -0.25) is 4.79 Å². The maximum atomic E-state index is 11.9. The predicted octanol–water partition coefficient (Wildman–Crippen LogP) is 1.38. The maximum Gasteiger partial charge on any atom is 0.275 e. The summed E-state index contributed by atoms with van der Waals surface area (Å²) in [5.74, 6) is -0.0328. The smallest absolute Gasteiger partial charge is 0.275 e. The molecule has 0 spiro atoms. The summed E-state index contributed by atoms with van der Waals surface area (Å²) in [7, 11) is 3.87. The van der Waals surface area contributed by atoms with Gasteiger partial charge in [0.15, 0.2) is 0 Å². The number of amides is 1. The molecule has 1 aromatic carbocycles. The first-order valence-corrected chi connectivity index (χ1v) is 5.72. The molecule has 98 valence electrons. The van der Waals surface area contributed by atoms with Crippen LogP contribution in [-0.4, -0.2) is 30.0 Å². The van der Waals surface area contributed by atoms with Crippen molar-refractivity contribution in [2.75, 3.05) is 30.0 Å². The van der Waals surface area contributed by atoms with Crippen molar-refractivity contribution in [3.8, 4) is 0 Å². The number of nitrogens with one attached hydrogen (secondary N) is 1. The Kier molecular flexibility index (Phi) is 3.61. The number of nitrogen functional groups attached to an aromatic ring is 1. The Labute approximate surface area is 111 Å². The van der Waals surface area contributed by atoms with Crippen LogP contribution in [0.25, 0.3) is 0 Å². The zero-order valence-corrected chi connectivity index (χ0v) is 10.8. The summed E-state index contributed by atoms with van der Waals surface area (Å²) < 4.78 is 0. The van der Waals surface area contributed by atoms with Gasteiger partial charge in [-0.1, -0.05) is 6.07 Å². The molecule has 0 unspecified atom stereocenters. The minimum absolute atomic E-state index is 0.226. The molecule has 3 N–H and O–H groups in total. The monoisotopic (exact) mass is 257 g/mol. The lowest BCUT2D eigenvalue weighted by molar-refractivity contribution is 0.102. The number of carbonyl (C=O) groups is 1. The normalized spacial score (nSPS) is 10.0. The van der Waals surface area contributed by atoms with Crippen LogP contribution in [0.1, 0.15) is 10.5 Å². The summed E-state index contributed by atoms with van der Waals surface area (Å²) >= 11 is 0. The van der Waals surface area contributed by atoms with E-state index in [1.165, 1.54) is 12.4 Å². The van der Waals surface area contributed by atoms with Crippen molar-refractivity contribution in [3.63, 3.8) is 0 Å². The average Bonchev–Trinajstić information content (AvgIpc) is 2.39. The summed E-state index contributed by atoms with van der Waals surface area (Å²) in [6.45, 7) is 0. The van der Waals surface area contributed by atoms with Crippen LogP contribution in [0.15, 0.2) is 36.7 Å². The lowest BCUT2D eigenvalue weighted by Gasteiger charge is -2.13. The molecule has 1 amide bonds. The highest BCUT2D eigenvalue weighted by atomic mass is 16.1. The van der Waals surface area contributed by atoms with Gasteiger partial charge in [0.2, 0.25) is 0 Å². The van der Waals surface area contributed by atoms with Crippen LogP contribution in [0, 0.1) is 0 Å². The molecule has 0 aliphatic rings. The van der Waals surface area contributed by atoms with E-state index in [1.807, 2.05) is 43.3 Å². The molecule has 19 heavy (non-hydrogen) atoms. The minimum atomic E-state index is -0.316. The molecule has 2 rings (SSSR count). The van der Waals surface area contributed by atoms with Crippen LogP contribution in [0.5, 0.6) is 0 Å². The van der Waals surface area contributed by atoms with Crippen LogP contribution in [0.4, 0.5) is 17.2 Å². The number of nitrogens with zero attached hydrogens (tertiary/aromatic N) is 3. The van der Waals surface area contributed by atoms with Crippen molar-refractivity contribution in [3.05, 3.63) is 42.4 Å². The predicted molar refractivity (Wildman–Crippen MR) is 75.2 cm³/mol. The minimum Gasteiger partial charge on any atom is -0.382 e. The fraction of sp³-hybridized carbons (Fsp3) is 0.154. The van der Waals surface area contributed by atoms with Gasteiger partial charge in [-0.15, -0.1) is 0 Å². The summed E-state index contributed by atoms with van der Waals surface area (Å²) in [6, 6.07) is 7.52. The van der Waals surface area contributed by atoms with E-state index in [-0.39, 0.29) is 17.4 Å². The first kappa shape index (κ1) is 12.8. The van der Waals surface area contributed by atoms with Gasteiger partial charge >= 0.3 is 0 Å². The second-order valence-corrected chi connectivity index (χ2v) is 4.23. The molecule has 0 radical (unpaired) electrons. The molecule has 0 aliphatic heterocycles. The third kappa shape index (κ3) is 3.19. The topological polar surface area (TPSA) is 84.1 Å². The number of aromatic nitrogens is 2. The van der Waals surface area contributed by atoms with Crippen molar-refractivity contribution in [1.29, 1.82) is 0 Å². The van der Waals surface area contributed by atoms with Gasteiger partial charge in [0.1, 0.15) is 11.5 Å². The molecule has 6 heteroatoms. The first-order valence-electron chi connectivity index (χ1n) is 5.72. The van der Waals surface area contributed by atoms with Crippen LogP contribution >= 0.6 is 0 Å². The van der Waals surface area contributed by atoms with Crippen molar-refractivity contribution in [2.45, 2.75) is 0 Å². The number of hydrogen-bond donors (Lipinski definition) is 2. The number of carbonyl (C=O) groups excluding carboxylic acids is 1. The van der Waals surface area contributed by atoms with Crippen LogP contribution in [0.3, 0.4) is 0 Å². The first-order chi connectivity index (χ1) is 9.06. The number of nitrogens with two attached hydrogens (primary N) is 1. The second kappa shape index (κ2) is 5.34. The molecular weight excluding hydrogens is 242 g/mol. The van der Waals surface area contributed by atoms with Gasteiger partial charge in [0.25, 0.3) is 5.91 Å². The van der Waals surface area contributed by atoms with Gasteiger partial charge in [-0.05, 0) is 18.2 Å². The van der Waals surface area contributed by atoms with Crippen LogP contribution < -0.4 is 16.0 Å². The third-order valence-corrected chi connectivity index (χ3v) is 2.52. The zero-order valence-electron chi connectivity index (χ0n) is 10.8. The van der Waals surface area contributed by atoms with E-state index in [2.05, 4.69) is 15.3 Å². The second-order valence-electron chi connectivity index (χ2n) is 4.23. The number of benzene rings is 1. The molecule has 0 fully saturated rings. The third-order valence-electron chi connectivity index (χ3n) is 2.52. The largest absolute Gasteiger partial charge is 0.382 e. The van der Waals surface area contributed by atoms with E-state index in [0.717, 1.165) is 5.69 Å². The van der Waals surface area contributed by atoms with Crippen molar-refractivity contribution < 1.29 is 4.79 Å². The van der Waals surface area contributed by atoms with Crippen molar-refractivity contribution in [1.82, 2.24) is 9.97 Å². The molecular formula is C13H15N5O. The fourth-order valence-corrected chi connectivity index (χ4v) is 1.51. The Morgan fingerprint density at radius 3 is 2.68 bits per heavy atom. The van der Waals surface area contributed by atoms with Gasteiger partial charge in [-0.25, -0.2) is 9.97 Å². The van der Waals surface area contributed by atoms with E-state index in [1.54, 1.807) is 0 Å². The Balaban J connectivity index is 2.14. The van der Waals surface area contributed by atoms with E-state index in [4.69, 9.17) is 5.73 Å². The molecule has 2 aromatic rings. The number of anilines is 3. The lowest BCUT2D eigenvalue weighted by atomic mass is 10.2. The highest BCUT2D eigenvalue weighted by molar-refractivity contribution is 6.02. The van der Waals surface area contributed by atoms with Crippen molar-refractivity contribution in [2.24, 2.45) is 0 Å². The Morgan fingerprint density at radius 2 is 2.05 bits per heavy atom. The molecule has 0 saturated heterocycles. The Bertz CT molecular complexity index is 580. The van der Waals surface area contributed by atoms with Crippen molar-refractivity contribution >= 4 is 23.1 Å². The van der Waals surface area contributed by atoms with Gasteiger partial charge in [-0.2, -0.15) is 0 Å². The average molecular weight is 257 g/mol. The number of rotatable bonds is 3. The van der Waals surface area contributed by atoms with E-state index >= 15 is 0 Å². The molecule has 1 heterocycles. The number of hydrogen-bond acceptors (Lipinski definition) is 5. The summed E-state index contributed by atoms with van der Waals surface area (Å²) in [4.78, 5) is 21.7. The standard InChI is InChI=1S/C13H15N5O/c1-18(2)10-5-3-4-9(6-10)17-13(19)11-7-16-12(14)8-15-11/h3-8H,1-2H3,(H2,14,16)(H,17,19). The Morgan fingerprint density at radius 1 is 1.26 bits per heavy atom. The molecule has 0 saturated carbocycles. The Hall–Kier alpha value is -2.63. The SMILES string of the molecule is CN(C)c1cccc(NC(=O)c2cnc(N)cn2)c1. The molecule has 0 aliphatic carbocycles. The van der Waals surface area contributed by atoms with E-state index in [0.29, 0.717) is 5.69 Å². The summed E-state index contributed by atoms with van der Waals surface area (Å²) in [5.41, 5.74) is 7.35. The fourth-order valence-electron chi connectivity index (χ4n) is 1.51. The van der Waals surface area contributed by atoms with E-state index < -0.39 is 0 Å².